The molecule has 2 aromatic rings. The molecular formula is C20H22F4N4O2. The van der Waals surface area contributed by atoms with Gasteiger partial charge in [0.1, 0.15) is 17.7 Å². The van der Waals surface area contributed by atoms with E-state index in [1.54, 1.807) is 12.1 Å². The topological polar surface area (TPSA) is 74.8 Å². The number of carbonyl (C=O) groups is 1. The minimum atomic E-state index is -1.66. The van der Waals surface area contributed by atoms with Gasteiger partial charge in [-0.15, -0.1) is 0 Å². The summed E-state index contributed by atoms with van der Waals surface area (Å²) in [6.07, 6.45) is 0.326. The molecule has 0 aliphatic carbocycles. The van der Waals surface area contributed by atoms with Gasteiger partial charge in [-0.25, -0.2) is 17.6 Å². The fraction of sp³-hybridized carbons (Fsp3) is 0.300. The van der Waals surface area contributed by atoms with Crippen molar-refractivity contribution in [2.24, 2.45) is 4.99 Å². The second kappa shape index (κ2) is 11.0. The zero-order valence-corrected chi connectivity index (χ0v) is 16.4. The second-order valence-electron chi connectivity index (χ2n) is 6.18. The molecule has 162 valence electrons. The van der Waals surface area contributed by atoms with Crippen LogP contribution in [0.15, 0.2) is 41.4 Å². The minimum absolute atomic E-state index is 0.261. The van der Waals surface area contributed by atoms with Gasteiger partial charge in [0, 0.05) is 13.1 Å². The number of nitrogens with one attached hydrogen (secondary N) is 3. The van der Waals surface area contributed by atoms with Crippen LogP contribution in [0.4, 0.5) is 23.2 Å². The molecule has 0 radical (unpaired) electrons. The SMILES string of the molecule is CCC(CNC(=NC)NCC(=O)Nc1ccc(F)c(F)c1F)Oc1cccc(F)c1. The Balaban J connectivity index is 1.83. The molecule has 0 aliphatic heterocycles. The third-order valence-electron chi connectivity index (χ3n) is 4.00. The van der Waals surface area contributed by atoms with E-state index in [1.165, 1.54) is 19.2 Å². The minimum Gasteiger partial charge on any atom is -0.489 e. The lowest BCUT2D eigenvalue weighted by atomic mass is 10.2. The highest BCUT2D eigenvalue weighted by molar-refractivity contribution is 5.95. The number of carbonyl (C=O) groups excluding carboxylic acids is 1. The molecular weight excluding hydrogens is 404 g/mol. The Morgan fingerprint density at radius 3 is 2.53 bits per heavy atom. The predicted octanol–water partition coefficient (Wildman–Crippen LogP) is 3.20. The largest absolute Gasteiger partial charge is 0.489 e. The summed E-state index contributed by atoms with van der Waals surface area (Å²) in [5, 5.41) is 7.81. The summed E-state index contributed by atoms with van der Waals surface area (Å²) in [5.41, 5.74) is -0.474. The zero-order valence-electron chi connectivity index (χ0n) is 16.4. The monoisotopic (exact) mass is 426 g/mol. The highest BCUT2D eigenvalue weighted by Gasteiger charge is 2.15. The molecule has 0 aromatic heterocycles. The smallest absolute Gasteiger partial charge is 0.243 e. The molecule has 10 heteroatoms. The molecule has 0 bridgehead atoms. The molecule has 1 amide bonds. The average molecular weight is 426 g/mol. The molecule has 0 saturated carbocycles. The van der Waals surface area contributed by atoms with Crippen LogP contribution < -0.4 is 20.7 Å². The third kappa shape index (κ3) is 6.64. The van der Waals surface area contributed by atoms with Crippen molar-refractivity contribution in [1.82, 2.24) is 10.6 Å². The van der Waals surface area contributed by atoms with Gasteiger partial charge in [-0.1, -0.05) is 13.0 Å². The first-order valence-corrected chi connectivity index (χ1v) is 9.14. The van der Waals surface area contributed by atoms with E-state index in [9.17, 15) is 22.4 Å². The lowest BCUT2D eigenvalue weighted by molar-refractivity contribution is -0.115. The first-order chi connectivity index (χ1) is 14.3. The summed E-state index contributed by atoms with van der Waals surface area (Å²) in [5.74, 6) is -4.94. The van der Waals surface area contributed by atoms with E-state index in [4.69, 9.17) is 4.74 Å². The van der Waals surface area contributed by atoms with Gasteiger partial charge >= 0.3 is 0 Å². The summed E-state index contributed by atoms with van der Waals surface area (Å²) in [6.45, 7) is 1.90. The highest BCUT2D eigenvalue weighted by atomic mass is 19.2. The Bertz CT molecular complexity index is 908. The van der Waals surface area contributed by atoms with Crippen molar-refractivity contribution in [3.63, 3.8) is 0 Å². The maximum atomic E-state index is 13.6. The highest BCUT2D eigenvalue weighted by Crippen LogP contribution is 2.19. The predicted molar refractivity (Wildman–Crippen MR) is 105 cm³/mol. The molecule has 6 nitrogen and oxygen atoms in total. The van der Waals surface area contributed by atoms with Crippen LogP contribution in [0.1, 0.15) is 13.3 Å². The summed E-state index contributed by atoms with van der Waals surface area (Å²) in [4.78, 5) is 15.9. The van der Waals surface area contributed by atoms with E-state index in [0.717, 1.165) is 6.07 Å². The molecule has 3 N–H and O–H groups in total. The first-order valence-electron chi connectivity index (χ1n) is 9.14. The van der Waals surface area contributed by atoms with E-state index in [1.807, 2.05) is 6.92 Å². The Morgan fingerprint density at radius 2 is 1.87 bits per heavy atom. The Kier molecular flexibility index (Phi) is 8.45. The van der Waals surface area contributed by atoms with E-state index >= 15 is 0 Å². The second-order valence-corrected chi connectivity index (χ2v) is 6.18. The molecule has 0 heterocycles. The number of hydrogen-bond donors (Lipinski definition) is 3. The fourth-order valence-electron chi connectivity index (χ4n) is 2.41. The van der Waals surface area contributed by atoms with Crippen LogP contribution in [0.3, 0.4) is 0 Å². The molecule has 1 atom stereocenters. The summed E-state index contributed by atoms with van der Waals surface area (Å²) >= 11 is 0. The van der Waals surface area contributed by atoms with Crippen LogP contribution in [-0.2, 0) is 4.79 Å². The van der Waals surface area contributed by atoms with Crippen LogP contribution >= 0.6 is 0 Å². The number of halogens is 4. The number of guanidine groups is 1. The molecule has 30 heavy (non-hydrogen) atoms. The van der Waals surface area contributed by atoms with Crippen LogP contribution in [-0.4, -0.2) is 38.1 Å². The average Bonchev–Trinajstić information content (AvgIpc) is 2.73. The van der Waals surface area contributed by atoms with Crippen molar-refractivity contribution in [2.45, 2.75) is 19.4 Å². The molecule has 0 saturated heterocycles. The Hall–Kier alpha value is -3.30. The number of rotatable bonds is 8. The van der Waals surface area contributed by atoms with Gasteiger partial charge in [0.25, 0.3) is 0 Å². The lowest BCUT2D eigenvalue weighted by Gasteiger charge is -2.20. The van der Waals surface area contributed by atoms with E-state index in [2.05, 4.69) is 20.9 Å². The van der Waals surface area contributed by atoms with E-state index < -0.39 is 34.9 Å². The maximum absolute atomic E-state index is 13.6. The van der Waals surface area contributed by atoms with Crippen molar-refractivity contribution >= 4 is 17.6 Å². The van der Waals surface area contributed by atoms with Crippen LogP contribution in [0.25, 0.3) is 0 Å². The number of aliphatic imine (C=N–C) groups is 1. The normalized spacial score (nSPS) is 12.3. The summed E-state index contributed by atoms with van der Waals surface area (Å²) in [6, 6.07) is 7.41. The number of nitrogens with zero attached hydrogens (tertiary/aromatic N) is 1. The Labute approximate surface area is 171 Å². The van der Waals surface area contributed by atoms with Crippen LogP contribution in [0.2, 0.25) is 0 Å². The van der Waals surface area contributed by atoms with Gasteiger partial charge in [-0.3, -0.25) is 9.79 Å². The van der Waals surface area contributed by atoms with Crippen LogP contribution in [0, 0.1) is 23.3 Å². The van der Waals surface area contributed by atoms with Gasteiger partial charge < -0.3 is 20.7 Å². The summed E-state index contributed by atoms with van der Waals surface area (Å²) in [7, 11) is 1.48. The third-order valence-corrected chi connectivity index (χ3v) is 4.00. The zero-order chi connectivity index (χ0) is 22.1. The number of ether oxygens (including phenoxy) is 1. The van der Waals surface area contributed by atoms with Crippen molar-refractivity contribution in [1.29, 1.82) is 0 Å². The number of amides is 1. The first kappa shape index (κ1) is 23.0. The van der Waals surface area contributed by atoms with Gasteiger partial charge in [0.2, 0.25) is 5.91 Å². The quantitative estimate of drug-likeness (QED) is 0.262. The lowest BCUT2D eigenvalue weighted by Crippen LogP contribution is -2.44. The molecule has 1 unspecified atom stereocenters. The van der Waals surface area contributed by atoms with Crippen molar-refractivity contribution in [3.8, 4) is 5.75 Å². The van der Waals surface area contributed by atoms with Crippen molar-refractivity contribution < 1.29 is 27.1 Å². The maximum Gasteiger partial charge on any atom is 0.243 e. The summed E-state index contributed by atoms with van der Waals surface area (Å²) < 4.78 is 58.7. The number of hydrogen-bond acceptors (Lipinski definition) is 3. The molecule has 0 fully saturated rings. The molecule has 0 aliphatic rings. The standard InChI is InChI=1S/C20H22F4N4O2/c1-3-13(30-14-6-4-5-12(21)9-14)10-26-20(25-2)27-11-17(29)28-16-8-7-15(22)18(23)19(16)24/h4-9,13H,3,10-11H2,1-2H3,(H,28,29)(H2,25,26,27). The van der Waals surface area contributed by atoms with Gasteiger partial charge in [-0.2, -0.15) is 0 Å². The van der Waals surface area contributed by atoms with Gasteiger partial charge in [0.05, 0.1) is 18.8 Å². The van der Waals surface area contributed by atoms with Crippen LogP contribution in [0.5, 0.6) is 5.75 Å². The molecule has 0 spiro atoms. The number of benzene rings is 2. The van der Waals surface area contributed by atoms with Crippen molar-refractivity contribution in [3.05, 3.63) is 59.7 Å². The van der Waals surface area contributed by atoms with Crippen molar-refractivity contribution in [2.75, 3.05) is 25.5 Å². The van der Waals surface area contributed by atoms with E-state index in [-0.39, 0.29) is 18.6 Å². The van der Waals surface area contributed by atoms with Gasteiger partial charge in [-0.05, 0) is 30.7 Å². The molecule has 2 rings (SSSR count). The van der Waals surface area contributed by atoms with Gasteiger partial charge in [0.15, 0.2) is 23.4 Å². The van der Waals surface area contributed by atoms with E-state index in [0.29, 0.717) is 24.8 Å². The molecule has 2 aromatic carbocycles. The number of anilines is 1. The fourth-order valence-corrected chi connectivity index (χ4v) is 2.41. The Morgan fingerprint density at radius 1 is 1.10 bits per heavy atom.